The number of para-hydroxylation sites is 1. The third-order valence-electron chi connectivity index (χ3n) is 5.15. The van der Waals surface area contributed by atoms with Crippen LogP contribution < -0.4 is 9.47 Å². The van der Waals surface area contributed by atoms with Gasteiger partial charge in [-0.05, 0) is 75.2 Å². The third kappa shape index (κ3) is 5.95. The van der Waals surface area contributed by atoms with Crippen molar-refractivity contribution in [3.05, 3.63) is 65.2 Å². The van der Waals surface area contributed by atoms with Crippen molar-refractivity contribution in [2.45, 2.75) is 25.7 Å². The van der Waals surface area contributed by atoms with Crippen molar-refractivity contribution >= 4 is 17.6 Å². The smallest absolute Gasteiger partial charge is 0.414 e. The number of hydrogen-bond donors (Lipinski definition) is 0. The maximum Gasteiger partial charge on any atom is 0.414 e. The first-order valence-corrected chi connectivity index (χ1v) is 10.5. The van der Waals surface area contributed by atoms with Gasteiger partial charge in [0, 0.05) is 20.6 Å². The number of likely N-dealkylation sites (N-methyl/N-ethyl adjacent to an activating group) is 1. The lowest BCUT2D eigenvalue weighted by molar-refractivity contribution is 0.0731. The second-order valence-electron chi connectivity index (χ2n) is 8.20. The van der Waals surface area contributed by atoms with E-state index in [1.807, 2.05) is 12.1 Å². The van der Waals surface area contributed by atoms with E-state index in [1.54, 1.807) is 44.4 Å². The van der Waals surface area contributed by atoms with E-state index >= 15 is 0 Å². The molecular weight excluding hydrogens is 392 g/mol. The molecule has 3 rings (SSSR count). The fraction of sp³-hybridized carbons (Fsp3) is 0.360. The number of esters is 1. The molecule has 1 aliphatic carbocycles. The minimum absolute atomic E-state index is 0.172. The first-order chi connectivity index (χ1) is 14.8. The quantitative estimate of drug-likeness (QED) is 0.492. The minimum atomic E-state index is -0.564. The van der Waals surface area contributed by atoms with Gasteiger partial charge in [0.15, 0.2) is 0 Å². The van der Waals surface area contributed by atoms with E-state index in [2.05, 4.69) is 25.1 Å². The molecule has 2 aromatic carbocycles. The van der Waals surface area contributed by atoms with E-state index < -0.39 is 12.1 Å². The van der Waals surface area contributed by atoms with E-state index in [1.165, 1.54) is 28.9 Å². The van der Waals surface area contributed by atoms with E-state index in [4.69, 9.17) is 9.47 Å². The monoisotopic (exact) mass is 422 g/mol. The summed E-state index contributed by atoms with van der Waals surface area (Å²) in [7, 11) is 7.33. The Morgan fingerprint density at radius 3 is 2.39 bits per heavy atom. The van der Waals surface area contributed by atoms with Gasteiger partial charge in [0.2, 0.25) is 0 Å². The fourth-order valence-corrected chi connectivity index (χ4v) is 3.69. The number of hydrogen-bond acceptors (Lipinski definition) is 5. The highest BCUT2D eigenvalue weighted by Gasteiger charge is 2.19. The first kappa shape index (κ1) is 22.6. The summed E-state index contributed by atoms with van der Waals surface area (Å²) in [4.78, 5) is 28.2. The second kappa shape index (κ2) is 10.3. The molecule has 31 heavy (non-hydrogen) atoms. The van der Waals surface area contributed by atoms with Crippen LogP contribution in [0.2, 0.25) is 0 Å². The molecule has 164 valence electrons. The molecule has 0 unspecified atom stereocenters. The number of allylic oxidation sites excluding steroid dienone is 1. The molecule has 0 atom stereocenters. The number of carbonyl (C=O) groups is 2. The summed E-state index contributed by atoms with van der Waals surface area (Å²) in [6.45, 7) is 0.934. The molecule has 0 N–H and O–H groups in total. The standard InChI is InChI=1S/C25H30N2O4/c1-26(2)17-19-10-5-6-13-21(19)18-11-9-12-20(16-18)30-24(28)22-14-7-8-15-23(22)31-25(29)27(3)4/h7-9,11-12,14-16H,5-6,10,13,17H2,1-4H3. The van der Waals surface area contributed by atoms with Crippen molar-refractivity contribution in [1.29, 1.82) is 0 Å². The van der Waals surface area contributed by atoms with Gasteiger partial charge in [-0.1, -0.05) is 29.8 Å². The van der Waals surface area contributed by atoms with Crippen LogP contribution in [0, 0.1) is 0 Å². The number of nitrogens with zero attached hydrogens (tertiary/aromatic N) is 2. The molecule has 0 saturated carbocycles. The lowest BCUT2D eigenvalue weighted by atomic mass is 9.87. The zero-order valence-electron chi connectivity index (χ0n) is 18.7. The zero-order chi connectivity index (χ0) is 22.4. The Hall–Kier alpha value is -3.12. The van der Waals surface area contributed by atoms with Gasteiger partial charge in [0.05, 0.1) is 0 Å². The number of carbonyl (C=O) groups excluding carboxylic acids is 2. The van der Waals surface area contributed by atoms with Crippen molar-refractivity contribution in [3.8, 4) is 11.5 Å². The van der Waals surface area contributed by atoms with Gasteiger partial charge in [0.25, 0.3) is 0 Å². The SMILES string of the molecule is CN(C)CC1=C(c2cccc(OC(=O)c3ccccc3OC(=O)N(C)C)c2)CCCC1. The van der Waals surface area contributed by atoms with Gasteiger partial charge in [-0.2, -0.15) is 0 Å². The predicted molar refractivity (Wildman–Crippen MR) is 121 cm³/mol. The van der Waals surface area contributed by atoms with Gasteiger partial charge in [-0.25, -0.2) is 9.59 Å². The van der Waals surface area contributed by atoms with E-state index in [9.17, 15) is 9.59 Å². The molecule has 1 amide bonds. The van der Waals surface area contributed by atoms with Crippen LogP contribution in [0.25, 0.3) is 5.57 Å². The van der Waals surface area contributed by atoms with Crippen molar-refractivity contribution < 1.29 is 19.1 Å². The molecule has 0 aliphatic heterocycles. The van der Waals surface area contributed by atoms with E-state index in [0.29, 0.717) is 5.75 Å². The maximum absolute atomic E-state index is 12.8. The van der Waals surface area contributed by atoms with Gasteiger partial charge >= 0.3 is 12.1 Å². The van der Waals surface area contributed by atoms with E-state index in [-0.39, 0.29) is 11.3 Å². The Kier molecular flexibility index (Phi) is 7.47. The van der Waals surface area contributed by atoms with Crippen LogP contribution in [0.15, 0.2) is 54.1 Å². The van der Waals surface area contributed by atoms with Crippen molar-refractivity contribution in [2.75, 3.05) is 34.7 Å². The molecule has 1 aliphatic rings. The van der Waals surface area contributed by atoms with Gasteiger partial charge in [-0.3, -0.25) is 0 Å². The highest BCUT2D eigenvalue weighted by atomic mass is 16.6. The van der Waals surface area contributed by atoms with Gasteiger partial charge in [0.1, 0.15) is 17.1 Å². The average Bonchev–Trinajstić information content (AvgIpc) is 2.74. The number of benzene rings is 2. The Labute approximate surface area is 184 Å². The lowest BCUT2D eigenvalue weighted by Crippen LogP contribution is -2.26. The molecule has 0 heterocycles. The Morgan fingerprint density at radius 1 is 0.903 bits per heavy atom. The zero-order valence-corrected chi connectivity index (χ0v) is 18.7. The highest BCUT2D eigenvalue weighted by Crippen LogP contribution is 2.34. The molecule has 2 aromatic rings. The topological polar surface area (TPSA) is 59.1 Å². The summed E-state index contributed by atoms with van der Waals surface area (Å²) in [6.07, 6.45) is 3.96. The van der Waals surface area contributed by atoms with Crippen LogP contribution >= 0.6 is 0 Å². The van der Waals surface area contributed by atoms with Gasteiger partial charge < -0.3 is 19.3 Å². The molecule has 0 spiro atoms. The predicted octanol–water partition coefficient (Wildman–Crippen LogP) is 4.86. The molecule has 0 bridgehead atoms. The summed E-state index contributed by atoms with van der Waals surface area (Å²) in [6, 6.07) is 14.2. The summed E-state index contributed by atoms with van der Waals surface area (Å²) in [5.74, 6) is 0.0783. The molecule has 0 aromatic heterocycles. The lowest BCUT2D eigenvalue weighted by Gasteiger charge is -2.23. The van der Waals surface area contributed by atoms with Crippen LogP contribution in [-0.2, 0) is 0 Å². The summed E-state index contributed by atoms with van der Waals surface area (Å²) < 4.78 is 11.0. The van der Waals surface area contributed by atoms with Gasteiger partial charge in [-0.15, -0.1) is 0 Å². The van der Waals surface area contributed by atoms with Crippen LogP contribution in [0.3, 0.4) is 0 Å². The molecule has 6 heteroatoms. The van der Waals surface area contributed by atoms with E-state index in [0.717, 1.165) is 24.9 Å². The fourth-order valence-electron chi connectivity index (χ4n) is 3.69. The summed E-state index contributed by atoms with van der Waals surface area (Å²) in [5, 5.41) is 0. The summed E-state index contributed by atoms with van der Waals surface area (Å²) >= 11 is 0. The molecule has 0 saturated heterocycles. The normalized spacial score (nSPS) is 13.8. The molecule has 0 radical (unpaired) electrons. The maximum atomic E-state index is 12.8. The Morgan fingerprint density at radius 2 is 1.65 bits per heavy atom. The number of rotatable bonds is 6. The molecular formula is C25H30N2O4. The van der Waals surface area contributed by atoms with Crippen LogP contribution in [0.1, 0.15) is 41.6 Å². The van der Waals surface area contributed by atoms with Crippen molar-refractivity contribution in [2.24, 2.45) is 0 Å². The average molecular weight is 423 g/mol. The number of amides is 1. The van der Waals surface area contributed by atoms with Crippen LogP contribution in [0.5, 0.6) is 11.5 Å². The Bertz CT molecular complexity index is 979. The molecule has 6 nitrogen and oxygen atoms in total. The van der Waals surface area contributed by atoms with Crippen molar-refractivity contribution in [3.63, 3.8) is 0 Å². The molecule has 0 fully saturated rings. The Balaban J connectivity index is 1.83. The largest absolute Gasteiger partial charge is 0.423 e. The number of ether oxygens (including phenoxy) is 2. The first-order valence-electron chi connectivity index (χ1n) is 10.5. The highest BCUT2D eigenvalue weighted by molar-refractivity contribution is 5.95. The second-order valence-corrected chi connectivity index (χ2v) is 8.20. The summed E-state index contributed by atoms with van der Waals surface area (Å²) in [5.41, 5.74) is 4.08. The third-order valence-corrected chi connectivity index (χ3v) is 5.15. The minimum Gasteiger partial charge on any atom is -0.423 e. The van der Waals surface area contributed by atoms with Crippen LogP contribution in [-0.4, -0.2) is 56.6 Å². The van der Waals surface area contributed by atoms with Crippen molar-refractivity contribution in [1.82, 2.24) is 9.80 Å². The van der Waals surface area contributed by atoms with Crippen LogP contribution in [0.4, 0.5) is 4.79 Å².